The number of dihydropyridines is 1. The minimum absolute atomic E-state index is 0.425. The molecular weight excluding hydrogens is 188 g/mol. The van der Waals surface area contributed by atoms with E-state index >= 15 is 0 Å². The topological polar surface area (TPSA) is 33.3 Å². The van der Waals surface area contributed by atoms with Crippen LogP contribution in [0.4, 0.5) is 0 Å². The van der Waals surface area contributed by atoms with Gasteiger partial charge in [0.2, 0.25) is 0 Å². The lowest BCUT2D eigenvalue weighted by molar-refractivity contribution is 0.193. The summed E-state index contributed by atoms with van der Waals surface area (Å²) in [6.07, 6.45) is 7.30. The Morgan fingerprint density at radius 3 is 3.07 bits per heavy atom. The second kappa shape index (κ2) is 6.64. The fraction of sp³-hybridized carbons (Fsp3) is 0.667. The van der Waals surface area contributed by atoms with E-state index in [0.717, 1.165) is 19.6 Å². The lowest BCUT2D eigenvalue weighted by Gasteiger charge is -2.25. The standard InChI is InChI=1S/C12H22N2O/c1-10-12(6-4-7-13-10)11(2)14-8-5-9-15-3/h4,6-7,10-11,13-14H,5,8-9H2,1-3H3. The van der Waals surface area contributed by atoms with E-state index in [-0.39, 0.29) is 0 Å². The van der Waals surface area contributed by atoms with E-state index in [9.17, 15) is 0 Å². The number of allylic oxidation sites excluding steroid dienone is 2. The van der Waals surface area contributed by atoms with Crippen molar-refractivity contribution in [1.29, 1.82) is 0 Å². The molecule has 1 heterocycles. The molecule has 0 aliphatic carbocycles. The fourth-order valence-corrected chi connectivity index (χ4v) is 1.77. The minimum Gasteiger partial charge on any atom is -0.385 e. The summed E-state index contributed by atoms with van der Waals surface area (Å²) >= 11 is 0. The Kier molecular flexibility index (Phi) is 5.43. The normalized spacial score (nSPS) is 22.1. The van der Waals surface area contributed by atoms with Crippen molar-refractivity contribution in [3.05, 3.63) is 23.9 Å². The molecule has 2 atom stereocenters. The van der Waals surface area contributed by atoms with Gasteiger partial charge in [0, 0.05) is 25.8 Å². The Morgan fingerprint density at radius 1 is 1.60 bits per heavy atom. The third-order valence-electron chi connectivity index (χ3n) is 2.71. The highest BCUT2D eigenvalue weighted by atomic mass is 16.5. The van der Waals surface area contributed by atoms with E-state index in [1.807, 2.05) is 6.20 Å². The molecule has 0 aromatic rings. The summed E-state index contributed by atoms with van der Waals surface area (Å²) in [5.41, 5.74) is 1.41. The molecule has 0 saturated carbocycles. The number of ether oxygens (including phenoxy) is 1. The van der Waals surface area contributed by atoms with Crippen LogP contribution in [0.3, 0.4) is 0 Å². The van der Waals surface area contributed by atoms with E-state index in [1.165, 1.54) is 5.57 Å². The average molecular weight is 210 g/mol. The van der Waals surface area contributed by atoms with Gasteiger partial charge in [-0.3, -0.25) is 0 Å². The molecule has 1 aliphatic rings. The Labute approximate surface area is 92.6 Å². The summed E-state index contributed by atoms with van der Waals surface area (Å²) in [5, 5.41) is 6.80. The van der Waals surface area contributed by atoms with E-state index in [1.54, 1.807) is 7.11 Å². The zero-order valence-corrected chi connectivity index (χ0v) is 9.92. The number of hydrogen-bond acceptors (Lipinski definition) is 3. The second-order valence-corrected chi connectivity index (χ2v) is 3.94. The highest BCUT2D eigenvalue weighted by molar-refractivity contribution is 5.26. The first-order valence-corrected chi connectivity index (χ1v) is 5.60. The minimum atomic E-state index is 0.425. The van der Waals surface area contributed by atoms with Crippen LogP contribution < -0.4 is 10.6 Å². The van der Waals surface area contributed by atoms with Crippen molar-refractivity contribution in [2.75, 3.05) is 20.3 Å². The maximum atomic E-state index is 5.01. The molecule has 3 nitrogen and oxygen atoms in total. The van der Waals surface area contributed by atoms with Gasteiger partial charge >= 0.3 is 0 Å². The summed E-state index contributed by atoms with van der Waals surface area (Å²) in [4.78, 5) is 0. The van der Waals surface area contributed by atoms with Crippen LogP contribution in [0.15, 0.2) is 23.9 Å². The van der Waals surface area contributed by atoms with Crippen LogP contribution in [0.2, 0.25) is 0 Å². The summed E-state index contributed by atoms with van der Waals surface area (Å²) < 4.78 is 5.01. The first-order chi connectivity index (χ1) is 7.25. The van der Waals surface area contributed by atoms with Gasteiger partial charge in [-0.1, -0.05) is 6.08 Å². The molecule has 0 bridgehead atoms. The molecular formula is C12H22N2O. The summed E-state index contributed by atoms with van der Waals surface area (Å²) in [5.74, 6) is 0. The zero-order valence-electron chi connectivity index (χ0n) is 9.92. The molecule has 0 fully saturated rings. The van der Waals surface area contributed by atoms with Crippen LogP contribution in [0, 0.1) is 0 Å². The van der Waals surface area contributed by atoms with Gasteiger partial charge < -0.3 is 15.4 Å². The molecule has 2 unspecified atom stereocenters. The predicted molar refractivity (Wildman–Crippen MR) is 63.8 cm³/mol. The van der Waals surface area contributed by atoms with Crippen LogP contribution in [0.25, 0.3) is 0 Å². The summed E-state index contributed by atoms with van der Waals surface area (Å²) in [6, 6.07) is 0.856. The van der Waals surface area contributed by atoms with E-state index < -0.39 is 0 Å². The molecule has 1 aliphatic heterocycles. The van der Waals surface area contributed by atoms with Crippen molar-refractivity contribution in [3.63, 3.8) is 0 Å². The molecule has 0 aromatic carbocycles. The molecule has 0 radical (unpaired) electrons. The molecule has 0 saturated heterocycles. The van der Waals surface area contributed by atoms with Crippen molar-refractivity contribution in [2.45, 2.75) is 32.4 Å². The van der Waals surface area contributed by atoms with Gasteiger partial charge in [0.25, 0.3) is 0 Å². The number of hydrogen-bond donors (Lipinski definition) is 2. The van der Waals surface area contributed by atoms with Crippen LogP contribution >= 0.6 is 0 Å². The zero-order chi connectivity index (χ0) is 11.1. The van der Waals surface area contributed by atoms with Crippen LogP contribution in [-0.2, 0) is 4.74 Å². The molecule has 0 aromatic heterocycles. The second-order valence-electron chi connectivity index (χ2n) is 3.94. The maximum absolute atomic E-state index is 5.01. The van der Waals surface area contributed by atoms with Crippen molar-refractivity contribution in [1.82, 2.24) is 10.6 Å². The number of rotatable bonds is 6. The predicted octanol–water partition coefficient (Wildman–Crippen LogP) is 1.43. The third kappa shape index (κ3) is 4.06. The monoisotopic (exact) mass is 210 g/mol. The number of nitrogens with one attached hydrogen (secondary N) is 2. The summed E-state index contributed by atoms with van der Waals surface area (Å²) in [7, 11) is 1.74. The maximum Gasteiger partial charge on any atom is 0.0474 e. The van der Waals surface area contributed by atoms with Gasteiger partial charge in [0.15, 0.2) is 0 Å². The smallest absolute Gasteiger partial charge is 0.0474 e. The van der Waals surface area contributed by atoms with Gasteiger partial charge in [-0.05, 0) is 44.7 Å². The number of methoxy groups -OCH3 is 1. The van der Waals surface area contributed by atoms with Crippen molar-refractivity contribution < 1.29 is 4.74 Å². The van der Waals surface area contributed by atoms with Crippen LogP contribution in [0.5, 0.6) is 0 Å². The fourth-order valence-electron chi connectivity index (χ4n) is 1.77. The van der Waals surface area contributed by atoms with E-state index in [0.29, 0.717) is 12.1 Å². The van der Waals surface area contributed by atoms with Gasteiger partial charge in [0.05, 0.1) is 0 Å². The van der Waals surface area contributed by atoms with Crippen molar-refractivity contribution in [3.8, 4) is 0 Å². The van der Waals surface area contributed by atoms with Gasteiger partial charge in [-0.25, -0.2) is 0 Å². The highest BCUT2D eigenvalue weighted by Gasteiger charge is 2.14. The van der Waals surface area contributed by atoms with Crippen molar-refractivity contribution in [2.24, 2.45) is 0 Å². The quantitative estimate of drug-likeness (QED) is 0.651. The summed E-state index contributed by atoms with van der Waals surface area (Å²) in [6.45, 7) is 6.22. The first-order valence-electron chi connectivity index (χ1n) is 5.60. The van der Waals surface area contributed by atoms with Gasteiger partial charge in [-0.15, -0.1) is 0 Å². The molecule has 2 N–H and O–H groups in total. The SMILES string of the molecule is COCCCNC(C)C1=CC=CNC1C. The van der Waals surface area contributed by atoms with E-state index in [2.05, 4.69) is 36.6 Å². The Bertz CT molecular complexity index is 236. The largest absolute Gasteiger partial charge is 0.385 e. The molecule has 86 valence electrons. The lowest BCUT2D eigenvalue weighted by atomic mass is 9.99. The molecule has 1 rings (SSSR count). The highest BCUT2D eigenvalue weighted by Crippen LogP contribution is 2.11. The van der Waals surface area contributed by atoms with Crippen LogP contribution in [-0.4, -0.2) is 32.3 Å². The molecule has 0 spiro atoms. The lowest BCUT2D eigenvalue weighted by Crippen LogP contribution is -2.38. The molecule has 0 amide bonds. The van der Waals surface area contributed by atoms with Gasteiger partial charge in [-0.2, -0.15) is 0 Å². The molecule has 15 heavy (non-hydrogen) atoms. The average Bonchev–Trinajstić information content (AvgIpc) is 2.25. The van der Waals surface area contributed by atoms with Crippen LogP contribution in [0.1, 0.15) is 20.3 Å². The molecule has 3 heteroatoms. The van der Waals surface area contributed by atoms with Crippen molar-refractivity contribution >= 4 is 0 Å². The Hall–Kier alpha value is -0.800. The Balaban J connectivity index is 2.29. The van der Waals surface area contributed by atoms with Gasteiger partial charge in [0.1, 0.15) is 0 Å². The van der Waals surface area contributed by atoms with E-state index in [4.69, 9.17) is 4.74 Å². The first kappa shape index (κ1) is 12.3. The third-order valence-corrected chi connectivity index (χ3v) is 2.71. The Morgan fingerprint density at radius 2 is 2.40 bits per heavy atom.